The van der Waals surface area contributed by atoms with Gasteiger partial charge in [0.05, 0.1) is 19.2 Å². The number of halogens is 1. The molecule has 2 aromatic carbocycles. The molecule has 0 unspecified atom stereocenters. The summed E-state index contributed by atoms with van der Waals surface area (Å²) in [6, 6.07) is 8.79. The Bertz CT molecular complexity index is 1590. The van der Waals surface area contributed by atoms with Crippen LogP contribution in [0.3, 0.4) is 0 Å². The van der Waals surface area contributed by atoms with Crippen molar-refractivity contribution in [1.82, 2.24) is 25.3 Å². The summed E-state index contributed by atoms with van der Waals surface area (Å²) in [5.41, 5.74) is -0.559. The van der Waals surface area contributed by atoms with E-state index in [0.717, 1.165) is 24.5 Å². The molecule has 3 aliphatic heterocycles. The Labute approximate surface area is 235 Å². The molecule has 2 N–H and O–H groups in total. The van der Waals surface area contributed by atoms with Crippen molar-refractivity contribution in [2.75, 3.05) is 40.8 Å². The van der Waals surface area contributed by atoms with Crippen molar-refractivity contribution in [1.29, 1.82) is 0 Å². The van der Waals surface area contributed by atoms with Gasteiger partial charge in [0.2, 0.25) is 0 Å². The number of urea groups is 1. The third-order valence-corrected chi connectivity index (χ3v) is 8.30. The predicted octanol–water partition coefficient (Wildman–Crippen LogP) is 2.44. The van der Waals surface area contributed by atoms with Crippen LogP contribution in [0.4, 0.5) is 9.18 Å². The Balaban J connectivity index is 1.31. The first-order chi connectivity index (χ1) is 19.6. The van der Waals surface area contributed by atoms with Gasteiger partial charge in [-0.1, -0.05) is 6.07 Å². The molecule has 3 aromatic rings. The minimum absolute atomic E-state index is 0.0213. The van der Waals surface area contributed by atoms with Crippen molar-refractivity contribution in [3.63, 3.8) is 0 Å². The number of carbonyl (C=O) groups is 4. The zero-order chi connectivity index (χ0) is 29.1. The van der Waals surface area contributed by atoms with E-state index in [4.69, 9.17) is 9.15 Å². The first-order valence-electron chi connectivity index (χ1n) is 13.4. The van der Waals surface area contributed by atoms with Gasteiger partial charge in [0, 0.05) is 42.7 Å². The predicted molar refractivity (Wildman–Crippen MR) is 145 cm³/mol. The summed E-state index contributed by atoms with van der Waals surface area (Å²) in [5, 5.41) is 5.24. The number of benzene rings is 2. The molecule has 3 aliphatic rings. The molecule has 0 aliphatic carbocycles. The zero-order valence-corrected chi connectivity index (χ0v) is 23.0. The maximum absolute atomic E-state index is 15.2. The standard InChI is InChI=1S/C29H30FN5O6/c1-33(2)18-6-8-34(9-7-18)26(37)21-10-17-11-24(41-23(17)13-22(21)30)29(27(38)31-28(39)32-29)15-35-14-16-4-5-19(40-3)12-20(16)25(35)36/h4-5,10-13,18H,6-9,14-15H2,1-3H3,(H2,31,32,38,39)/t29-/m0/s1. The van der Waals surface area contributed by atoms with Crippen molar-refractivity contribution in [2.45, 2.75) is 31.0 Å². The summed E-state index contributed by atoms with van der Waals surface area (Å²) < 4.78 is 26.4. The molecule has 4 heterocycles. The van der Waals surface area contributed by atoms with E-state index in [0.29, 0.717) is 35.8 Å². The third kappa shape index (κ3) is 4.48. The number of nitrogens with zero attached hydrogens (tertiary/aromatic N) is 3. The van der Waals surface area contributed by atoms with Crippen molar-refractivity contribution in [3.8, 4) is 5.75 Å². The second-order valence-electron chi connectivity index (χ2n) is 11.0. The lowest BCUT2D eigenvalue weighted by molar-refractivity contribution is -0.125. The highest BCUT2D eigenvalue weighted by Crippen LogP contribution is 2.36. The number of imide groups is 1. The van der Waals surface area contributed by atoms with Gasteiger partial charge < -0.3 is 29.2 Å². The van der Waals surface area contributed by atoms with Gasteiger partial charge in [-0.2, -0.15) is 0 Å². The molecule has 214 valence electrons. The smallest absolute Gasteiger partial charge is 0.322 e. The topological polar surface area (TPSA) is 124 Å². The van der Waals surface area contributed by atoms with Crippen LogP contribution in [0, 0.1) is 5.82 Å². The SMILES string of the molecule is COc1ccc2c(c1)C(=O)N(C[C@@]1(c3cc4cc(C(=O)N5CCC(N(C)C)CC5)c(F)cc4o3)NC(=O)NC1=O)C2. The van der Waals surface area contributed by atoms with Crippen LogP contribution in [0.5, 0.6) is 5.75 Å². The van der Waals surface area contributed by atoms with E-state index >= 15 is 4.39 Å². The normalized spacial score (nSPS) is 21.0. The number of amides is 5. The molecule has 12 heteroatoms. The third-order valence-electron chi connectivity index (χ3n) is 8.30. The average Bonchev–Trinajstić information content (AvgIpc) is 3.60. The summed E-state index contributed by atoms with van der Waals surface area (Å²) in [5.74, 6) is -1.66. The van der Waals surface area contributed by atoms with Crippen LogP contribution in [-0.4, -0.2) is 85.3 Å². The van der Waals surface area contributed by atoms with Gasteiger partial charge in [0.1, 0.15) is 22.9 Å². The quantitative estimate of drug-likeness (QED) is 0.442. The molecular weight excluding hydrogens is 533 g/mol. The number of fused-ring (bicyclic) bond motifs is 2. The van der Waals surface area contributed by atoms with Crippen molar-refractivity contribution < 1.29 is 32.7 Å². The largest absolute Gasteiger partial charge is 0.497 e. The van der Waals surface area contributed by atoms with Crippen LogP contribution >= 0.6 is 0 Å². The molecule has 0 bridgehead atoms. The molecule has 0 saturated carbocycles. The van der Waals surface area contributed by atoms with E-state index in [-0.39, 0.29) is 35.9 Å². The van der Waals surface area contributed by atoms with Gasteiger partial charge >= 0.3 is 6.03 Å². The molecule has 0 spiro atoms. The number of methoxy groups -OCH3 is 1. The summed E-state index contributed by atoms with van der Waals surface area (Å²) in [4.78, 5) is 57.3. The summed E-state index contributed by atoms with van der Waals surface area (Å²) >= 11 is 0. The molecule has 41 heavy (non-hydrogen) atoms. The summed E-state index contributed by atoms with van der Waals surface area (Å²) in [7, 11) is 5.51. The second kappa shape index (κ2) is 9.88. The lowest BCUT2D eigenvalue weighted by Crippen LogP contribution is -2.52. The monoisotopic (exact) mass is 563 g/mol. The fourth-order valence-corrected chi connectivity index (χ4v) is 5.93. The Hall–Kier alpha value is -4.45. The maximum atomic E-state index is 15.2. The number of hydrogen-bond acceptors (Lipinski definition) is 7. The fourth-order valence-electron chi connectivity index (χ4n) is 5.93. The highest BCUT2D eigenvalue weighted by Gasteiger charge is 2.53. The minimum atomic E-state index is -1.76. The fraction of sp³-hybridized carbons (Fsp3) is 0.379. The first kappa shape index (κ1) is 26.8. The number of furan rings is 1. The number of piperidine rings is 1. The molecular formula is C29H30FN5O6. The minimum Gasteiger partial charge on any atom is -0.497 e. The Morgan fingerprint density at radius 2 is 1.90 bits per heavy atom. The van der Waals surface area contributed by atoms with Crippen LogP contribution < -0.4 is 15.4 Å². The summed E-state index contributed by atoms with van der Waals surface area (Å²) in [6.45, 7) is 1.02. The Morgan fingerprint density at radius 3 is 2.56 bits per heavy atom. The van der Waals surface area contributed by atoms with E-state index in [2.05, 4.69) is 15.5 Å². The first-order valence-corrected chi connectivity index (χ1v) is 13.4. The van der Waals surface area contributed by atoms with E-state index in [1.807, 2.05) is 14.1 Å². The maximum Gasteiger partial charge on any atom is 0.322 e. The van der Waals surface area contributed by atoms with E-state index in [1.54, 1.807) is 23.1 Å². The Kier molecular flexibility index (Phi) is 6.45. The van der Waals surface area contributed by atoms with E-state index in [1.165, 1.54) is 24.1 Å². The highest BCUT2D eigenvalue weighted by atomic mass is 19.1. The number of hydrogen-bond donors (Lipinski definition) is 2. The molecule has 2 saturated heterocycles. The molecule has 6 rings (SSSR count). The van der Waals surface area contributed by atoms with E-state index in [9.17, 15) is 19.2 Å². The molecule has 1 aromatic heterocycles. The van der Waals surface area contributed by atoms with Crippen molar-refractivity contribution >= 4 is 34.7 Å². The van der Waals surface area contributed by atoms with Gasteiger partial charge in [-0.15, -0.1) is 0 Å². The van der Waals surface area contributed by atoms with Crippen LogP contribution in [-0.2, 0) is 16.9 Å². The molecule has 2 fully saturated rings. The van der Waals surface area contributed by atoms with Crippen molar-refractivity contribution in [2.24, 2.45) is 0 Å². The average molecular weight is 564 g/mol. The van der Waals surface area contributed by atoms with E-state index < -0.39 is 29.2 Å². The molecule has 0 radical (unpaired) electrons. The lowest BCUT2D eigenvalue weighted by Gasteiger charge is -2.35. The van der Waals surface area contributed by atoms with Crippen LogP contribution in [0.2, 0.25) is 0 Å². The van der Waals surface area contributed by atoms with Gasteiger partial charge in [0.15, 0.2) is 5.54 Å². The second-order valence-corrected chi connectivity index (χ2v) is 11.0. The summed E-state index contributed by atoms with van der Waals surface area (Å²) in [6.07, 6.45) is 1.59. The number of rotatable bonds is 6. The zero-order valence-electron chi connectivity index (χ0n) is 23.0. The van der Waals surface area contributed by atoms with Gasteiger partial charge in [-0.25, -0.2) is 9.18 Å². The van der Waals surface area contributed by atoms with Crippen LogP contribution in [0.15, 0.2) is 40.8 Å². The van der Waals surface area contributed by atoms with Gasteiger partial charge in [-0.3, -0.25) is 19.7 Å². The number of carbonyl (C=O) groups excluding carboxylic acids is 4. The van der Waals surface area contributed by atoms with Gasteiger partial charge in [-0.05, 0) is 56.8 Å². The molecule has 11 nitrogen and oxygen atoms in total. The number of ether oxygens (including phenoxy) is 1. The number of nitrogens with one attached hydrogen (secondary N) is 2. The van der Waals surface area contributed by atoms with Gasteiger partial charge in [0.25, 0.3) is 17.7 Å². The van der Waals surface area contributed by atoms with Crippen LogP contribution in [0.25, 0.3) is 11.0 Å². The van der Waals surface area contributed by atoms with Crippen molar-refractivity contribution in [3.05, 3.63) is 64.7 Å². The Morgan fingerprint density at radius 1 is 1.15 bits per heavy atom. The molecule has 5 amide bonds. The van der Waals surface area contributed by atoms with Crippen LogP contribution in [0.1, 0.15) is 44.9 Å². The lowest BCUT2D eigenvalue weighted by atomic mass is 9.95. The highest BCUT2D eigenvalue weighted by molar-refractivity contribution is 6.08. The number of likely N-dealkylation sites (tertiary alicyclic amines) is 1. The molecule has 1 atom stereocenters.